The Labute approximate surface area is 137 Å². The summed E-state index contributed by atoms with van der Waals surface area (Å²) in [6.45, 7) is 1.73. The van der Waals surface area contributed by atoms with Crippen LogP contribution < -0.4 is 4.90 Å². The summed E-state index contributed by atoms with van der Waals surface area (Å²) < 4.78 is 41.8. The number of benzene rings is 1. The van der Waals surface area contributed by atoms with Crippen molar-refractivity contribution in [2.75, 3.05) is 18.0 Å². The lowest BCUT2D eigenvalue weighted by molar-refractivity contribution is -0.137. The summed E-state index contributed by atoms with van der Waals surface area (Å²) in [7, 11) is 0. The van der Waals surface area contributed by atoms with Crippen molar-refractivity contribution in [2.24, 2.45) is 5.92 Å². The average Bonchev–Trinajstić information content (AvgIpc) is 3.06. The number of piperidine rings is 1. The number of rotatable bonds is 3. The molecule has 24 heavy (non-hydrogen) atoms. The van der Waals surface area contributed by atoms with Gasteiger partial charge in [-0.1, -0.05) is 0 Å². The van der Waals surface area contributed by atoms with Crippen LogP contribution in [0.2, 0.25) is 0 Å². The number of hydrogen-bond acceptors (Lipinski definition) is 4. The second kappa shape index (κ2) is 6.51. The number of nitrogens with zero attached hydrogens (tertiary/aromatic N) is 5. The van der Waals surface area contributed by atoms with Gasteiger partial charge in [0.25, 0.3) is 0 Å². The fourth-order valence-corrected chi connectivity index (χ4v) is 3.13. The molecule has 8 heteroatoms. The number of halogens is 3. The van der Waals surface area contributed by atoms with Gasteiger partial charge in [0.2, 0.25) is 0 Å². The van der Waals surface area contributed by atoms with E-state index in [2.05, 4.69) is 10.1 Å². The Hall–Kier alpha value is -2.56. The molecule has 1 aliphatic heterocycles. The van der Waals surface area contributed by atoms with Crippen molar-refractivity contribution < 1.29 is 13.2 Å². The average molecular weight is 335 g/mol. The SMILES string of the molecule is N#Cc1ccc(N2CCC[C@@H](Cn3cncn3)C2)c(C(F)(F)F)c1. The van der Waals surface area contributed by atoms with Crippen molar-refractivity contribution in [3.63, 3.8) is 0 Å². The third-order valence-electron chi connectivity index (χ3n) is 4.20. The molecule has 0 amide bonds. The van der Waals surface area contributed by atoms with Crippen LogP contribution in [0.5, 0.6) is 0 Å². The Kier molecular flexibility index (Phi) is 4.42. The molecule has 0 spiro atoms. The van der Waals surface area contributed by atoms with Crippen LogP contribution in [0.4, 0.5) is 18.9 Å². The van der Waals surface area contributed by atoms with Crippen molar-refractivity contribution >= 4 is 5.69 Å². The van der Waals surface area contributed by atoms with Crippen molar-refractivity contribution in [1.29, 1.82) is 5.26 Å². The minimum atomic E-state index is -4.49. The Balaban J connectivity index is 1.84. The first kappa shape index (κ1) is 16.3. The maximum atomic E-state index is 13.4. The summed E-state index contributed by atoms with van der Waals surface area (Å²) in [5, 5.41) is 12.9. The number of anilines is 1. The fraction of sp³-hybridized carbons (Fsp3) is 0.438. The fourth-order valence-electron chi connectivity index (χ4n) is 3.13. The van der Waals surface area contributed by atoms with Gasteiger partial charge in [-0.15, -0.1) is 0 Å². The molecule has 1 aromatic heterocycles. The summed E-state index contributed by atoms with van der Waals surface area (Å²) in [4.78, 5) is 5.65. The van der Waals surface area contributed by atoms with E-state index in [4.69, 9.17) is 5.26 Å². The maximum Gasteiger partial charge on any atom is 0.418 e. The van der Waals surface area contributed by atoms with Crippen LogP contribution in [0, 0.1) is 17.2 Å². The van der Waals surface area contributed by atoms with Gasteiger partial charge in [0, 0.05) is 25.3 Å². The molecule has 126 valence electrons. The Bertz CT molecular complexity index is 733. The molecule has 1 aromatic carbocycles. The molecule has 5 nitrogen and oxygen atoms in total. The minimum Gasteiger partial charge on any atom is -0.371 e. The predicted octanol–water partition coefficient (Wildman–Crippen LogP) is 3.09. The maximum absolute atomic E-state index is 13.4. The summed E-state index contributed by atoms with van der Waals surface area (Å²) in [6, 6.07) is 5.54. The summed E-state index contributed by atoms with van der Waals surface area (Å²) >= 11 is 0. The van der Waals surface area contributed by atoms with Crippen LogP contribution in [0.25, 0.3) is 0 Å². The molecule has 0 N–H and O–H groups in total. The van der Waals surface area contributed by atoms with Crippen molar-refractivity contribution in [3.8, 4) is 6.07 Å². The van der Waals surface area contributed by atoms with E-state index in [0.717, 1.165) is 18.9 Å². The molecule has 0 bridgehead atoms. The molecule has 2 heterocycles. The van der Waals surface area contributed by atoms with Gasteiger partial charge in [0.1, 0.15) is 12.7 Å². The van der Waals surface area contributed by atoms with Gasteiger partial charge in [0.05, 0.1) is 17.2 Å². The van der Waals surface area contributed by atoms with Gasteiger partial charge in [-0.3, -0.25) is 4.68 Å². The van der Waals surface area contributed by atoms with Crippen molar-refractivity contribution in [3.05, 3.63) is 42.0 Å². The molecule has 2 aromatic rings. The van der Waals surface area contributed by atoms with E-state index < -0.39 is 11.7 Å². The van der Waals surface area contributed by atoms with Gasteiger partial charge in [-0.2, -0.15) is 23.5 Å². The molecular weight excluding hydrogens is 319 g/mol. The van der Waals surface area contributed by atoms with Gasteiger partial charge in [0.15, 0.2) is 0 Å². The number of aromatic nitrogens is 3. The van der Waals surface area contributed by atoms with E-state index in [1.807, 2.05) is 0 Å². The molecule has 0 radical (unpaired) electrons. The first-order valence-electron chi connectivity index (χ1n) is 7.66. The number of nitriles is 1. The Morgan fingerprint density at radius 2 is 2.17 bits per heavy atom. The molecule has 1 saturated heterocycles. The highest BCUT2D eigenvalue weighted by Crippen LogP contribution is 2.38. The second-order valence-corrected chi connectivity index (χ2v) is 5.91. The van der Waals surface area contributed by atoms with Gasteiger partial charge in [-0.05, 0) is 37.0 Å². The lowest BCUT2D eigenvalue weighted by Crippen LogP contribution is -2.38. The number of alkyl halides is 3. The van der Waals surface area contributed by atoms with Crippen molar-refractivity contribution in [2.45, 2.75) is 25.6 Å². The zero-order valence-electron chi connectivity index (χ0n) is 12.9. The molecule has 1 atom stereocenters. The van der Waals surface area contributed by atoms with Crippen LogP contribution in [-0.4, -0.2) is 27.9 Å². The van der Waals surface area contributed by atoms with Crippen LogP contribution >= 0.6 is 0 Å². The molecule has 0 unspecified atom stereocenters. The van der Waals surface area contributed by atoms with Crippen LogP contribution in [0.15, 0.2) is 30.9 Å². The van der Waals surface area contributed by atoms with E-state index in [9.17, 15) is 13.2 Å². The third-order valence-corrected chi connectivity index (χ3v) is 4.20. The molecular formula is C16H16F3N5. The summed E-state index contributed by atoms with van der Waals surface area (Å²) in [6.07, 6.45) is 0.330. The first-order chi connectivity index (χ1) is 11.5. The Morgan fingerprint density at radius 1 is 1.33 bits per heavy atom. The molecule has 0 saturated carbocycles. The number of hydrogen-bond donors (Lipinski definition) is 0. The zero-order chi connectivity index (χ0) is 17.2. The van der Waals surface area contributed by atoms with Gasteiger partial charge < -0.3 is 4.90 Å². The molecule has 1 aliphatic rings. The zero-order valence-corrected chi connectivity index (χ0v) is 12.9. The normalized spacial score (nSPS) is 18.4. The van der Waals surface area contributed by atoms with Crippen molar-refractivity contribution in [1.82, 2.24) is 14.8 Å². The summed E-state index contributed by atoms with van der Waals surface area (Å²) in [5.41, 5.74) is -0.588. The van der Waals surface area contributed by atoms with E-state index in [1.165, 1.54) is 18.5 Å². The third kappa shape index (κ3) is 3.50. The minimum absolute atomic E-state index is 0.0160. The lowest BCUT2D eigenvalue weighted by Gasteiger charge is -2.35. The quantitative estimate of drug-likeness (QED) is 0.865. The molecule has 3 rings (SSSR count). The largest absolute Gasteiger partial charge is 0.418 e. The molecule has 1 fully saturated rings. The van der Waals surface area contributed by atoms with Crippen LogP contribution in [0.3, 0.4) is 0 Å². The van der Waals surface area contributed by atoms with Gasteiger partial charge >= 0.3 is 6.18 Å². The predicted molar refractivity (Wildman–Crippen MR) is 81.1 cm³/mol. The topological polar surface area (TPSA) is 57.7 Å². The highest BCUT2D eigenvalue weighted by molar-refractivity contribution is 5.58. The second-order valence-electron chi connectivity index (χ2n) is 5.91. The van der Waals surface area contributed by atoms with Gasteiger partial charge in [-0.25, -0.2) is 4.98 Å². The monoisotopic (exact) mass is 335 g/mol. The van der Waals surface area contributed by atoms with Crippen LogP contribution in [0.1, 0.15) is 24.0 Å². The molecule has 0 aliphatic carbocycles. The highest BCUT2D eigenvalue weighted by atomic mass is 19.4. The first-order valence-corrected chi connectivity index (χ1v) is 7.66. The van der Waals surface area contributed by atoms with Crippen LogP contribution in [-0.2, 0) is 12.7 Å². The summed E-state index contributed by atoms with van der Waals surface area (Å²) in [5.74, 6) is 0.206. The van der Waals surface area contributed by atoms with E-state index >= 15 is 0 Å². The Morgan fingerprint density at radius 3 is 2.83 bits per heavy atom. The highest BCUT2D eigenvalue weighted by Gasteiger charge is 2.36. The lowest BCUT2D eigenvalue weighted by atomic mass is 9.96. The standard InChI is InChI=1S/C16H16F3N5/c17-16(18,19)14-6-12(7-20)3-4-15(14)23-5-1-2-13(8-23)9-24-11-21-10-22-24/h3-4,6,10-11,13H,1-2,5,8-9H2/t13-/m1/s1. The van der Waals surface area contributed by atoms with E-state index in [-0.39, 0.29) is 17.2 Å². The smallest absolute Gasteiger partial charge is 0.371 e. The van der Waals surface area contributed by atoms with E-state index in [1.54, 1.807) is 22.0 Å². The van der Waals surface area contributed by atoms with E-state index in [0.29, 0.717) is 19.6 Å².